The van der Waals surface area contributed by atoms with Gasteiger partial charge in [-0.05, 0) is 50.0 Å². The zero-order chi connectivity index (χ0) is 33.8. The highest BCUT2D eigenvalue weighted by Crippen LogP contribution is 2.27. The Morgan fingerprint density at radius 1 is 1.02 bits per heavy atom. The number of hydrogen-bond acceptors (Lipinski definition) is 7. The highest BCUT2D eigenvalue weighted by molar-refractivity contribution is 5.95. The first kappa shape index (κ1) is 36.3. The first-order chi connectivity index (χ1) is 22.0. The normalized spacial score (nSPS) is 19.6. The van der Waals surface area contributed by atoms with E-state index in [1.165, 1.54) is 14.7 Å². The summed E-state index contributed by atoms with van der Waals surface area (Å²) in [6, 6.07) is 5.20. The van der Waals surface area contributed by atoms with Gasteiger partial charge in [0.15, 0.2) is 0 Å². The van der Waals surface area contributed by atoms with Gasteiger partial charge in [-0.25, -0.2) is 9.59 Å². The lowest BCUT2D eigenvalue weighted by Gasteiger charge is -2.35. The first-order valence-electron chi connectivity index (χ1n) is 16.4. The average Bonchev–Trinajstić information content (AvgIpc) is 3.74. The lowest BCUT2D eigenvalue weighted by atomic mass is 9.96. The first-order valence-corrected chi connectivity index (χ1v) is 16.4. The van der Waals surface area contributed by atoms with Crippen LogP contribution in [0.2, 0.25) is 0 Å². The van der Waals surface area contributed by atoms with Crippen molar-refractivity contribution >= 4 is 35.7 Å². The molecule has 13 heteroatoms. The van der Waals surface area contributed by atoms with Crippen LogP contribution in [0.15, 0.2) is 30.3 Å². The Morgan fingerprint density at radius 2 is 1.67 bits per heavy atom. The number of likely N-dealkylation sites (tertiary alicyclic amines) is 2. The fourth-order valence-corrected chi connectivity index (χ4v) is 6.09. The van der Waals surface area contributed by atoms with E-state index in [1.54, 1.807) is 0 Å². The Balaban J connectivity index is 1.84. The summed E-state index contributed by atoms with van der Waals surface area (Å²) in [5.74, 6) is -3.50. The van der Waals surface area contributed by atoms with Crippen molar-refractivity contribution in [2.24, 2.45) is 11.7 Å². The van der Waals surface area contributed by atoms with Gasteiger partial charge in [0.1, 0.15) is 30.8 Å². The largest absolute Gasteiger partial charge is 0.480 e. The number of primary amides is 1. The lowest BCUT2D eigenvalue weighted by molar-refractivity contribution is -0.152. The van der Waals surface area contributed by atoms with E-state index in [0.29, 0.717) is 51.6 Å². The van der Waals surface area contributed by atoms with Crippen molar-refractivity contribution in [2.75, 3.05) is 19.6 Å². The van der Waals surface area contributed by atoms with Gasteiger partial charge in [0.2, 0.25) is 23.6 Å². The Labute approximate surface area is 270 Å². The van der Waals surface area contributed by atoms with E-state index in [-0.39, 0.29) is 31.9 Å². The van der Waals surface area contributed by atoms with Crippen molar-refractivity contribution < 1.29 is 38.6 Å². The van der Waals surface area contributed by atoms with Crippen molar-refractivity contribution in [3.63, 3.8) is 0 Å². The lowest BCUT2D eigenvalue weighted by Crippen LogP contribution is -2.59. The SMILES string of the molecule is CCCCN(C(=O)OCc1ccccc1)[C@@H](CCC(N)=O)C(=O)N[C@H](C(=O)N1CCC[C@H]1C(=O)N1CCC[C@H]1C(=O)O)[C@@H](C)CC. The van der Waals surface area contributed by atoms with Gasteiger partial charge in [-0.1, -0.05) is 63.9 Å². The molecule has 46 heavy (non-hydrogen) atoms. The zero-order valence-corrected chi connectivity index (χ0v) is 27.2. The van der Waals surface area contributed by atoms with E-state index < -0.39 is 59.9 Å². The summed E-state index contributed by atoms with van der Waals surface area (Å²) in [4.78, 5) is 82.7. The summed E-state index contributed by atoms with van der Waals surface area (Å²) < 4.78 is 5.57. The molecular formula is C33H49N5O8. The van der Waals surface area contributed by atoms with E-state index in [2.05, 4.69) is 5.32 Å². The molecule has 0 unspecified atom stereocenters. The molecule has 0 aliphatic carbocycles. The predicted octanol–water partition coefficient (Wildman–Crippen LogP) is 2.66. The average molecular weight is 644 g/mol. The summed E-state index contributed by atoms with van der Waals surface area (Å²) in [7, 11) is 0. The number of aliphatic carboxylic acids is 1. The standard InChI is InChI=1S/C33H49N5O8/c1-4-6-18-38(33(45)46-21-23-12-8-7-9-13-23)24(16-17-27(34)39)29(40)35-28(22(3)5-2)31(42)36-19-10-14-25(36)30(41)37-20-11-15-26(37)32(43)44/h7-9,12-13,22,24-26,28H,4-6,10-11,14-21H2,1-3H3,(H2,34,39)(H,35,40)(H,43,44)/t22-,24-,25-,26-,28-/m0/s1. The van der Waals surface area contributed by atoms with Crippen molar-refractivity contribution in [2.45, 2.75) is 109 Å². The summed E-state index contributed by atoms with van der Waals surface area (Å²) in [5.41, 5.74) is 6.21. The number of nitrogens with zero attached hydrogens (tertiary/aromatic N) is 3. The van der Waals surface area contributed by atoms with Crippen molar-refractivity contribution in [1.82, 2.24) is 20.0 Å². The van der Waals surface area contributed by atoms with E-state index in [9.17, 15) is 33.9 Å². The highest BCUT2D eigenvalue weighted by atomic mass is 16.6. The third-order valence-electron chi connectivity index (χ3n) is 8.95. The van der Waals surface area contributed by atoms with Crippen LogP contribution < -0.4 is 11.1 Å². The van der Waals surface area contributed by atoms with Crippen LogP contribution in [0.1, 0.15) is 84.1 Å². The van der Waals surface area contributed by atoms with Crippen LogP contribution in [-0.4, -0.2) is 99.3 Å². The molecule has 2 heterocycles. The predicted molar refractivity (Wildman–Crippen MR) is 169 cm³/mol. The van der Waals surface area contributed by atoms with Gasteiger partial charge in [-0.2, -0.15) is 0 Å². The number of unbranched alkanes of at least 4 members (excludes halogenated alkanes) is 1. The van der Waals surface area contributed by atoms with E-state index in [1.807, 2.05) is 51.1 Å². The molecule has 2 fully saturated rings. The minimum Gasteiger partial charge on any atom is -0.480 e. The maximum absolute atomic E-state index is 14.1. The van der Waals surface area contributed by atoms with Gasteiger partial charge >= 0.3 is 12.1 Å². The zero-order valence-electron chi connectivity index (χ0n) is 27.2. The molecule has 254 valence electrons. The number of amides is 5. The molecule has 5 amide bonds. The molecule has 1 aromatic carbocycles. The molecule has 13 nitrogen and oxygen atoms in total. The maximum atomic E-state index is 14.1. The number of nitrogens with two attached hydrogens (primary N) is 1. The Bertz CT molecular complexity index is 1230. The van der Waals surface area contributed by atoms with E-state index in [0.717, 1.165) is 12.0 Å². The molecule has 0 saturated carbocycles. The van der Waals surface area contributed by atoms with Gasteiger partial charge < -0.3 is 30.7 Å². The monoisotopic (exact) mass is 643 g/mol. The molecule has 5 atom stereocenters. The summed E-state index contributed by atoms with van der Waals surface area (Å²) in [6.45, 7) is 6.43. The molecule has 2 aliphatic rings. The number of rotatable bonds is 16. The smallest absolute Gasteiger partial charge is 0.410 e. The van der Waals surface area contributed by atoms with Crippen molar-refractivity contribution in [1.29, 1.82) is 0 Å². The Hall–Kier alpha value is -4.16. The van der Waals surface area contributed by atoms with Gasteiger partial charge in [-0.3, -0.25) is 24.1 Å². The molecule has 3 rings (SSSR count). The van der Waals surface area contributed by atoms with Crippen LogP contribution in [0.25, 0.3) is 0 Å². The van der Waals surface area contributed by atoms with Gasteiger partial charge in [0.25, 0.3) is 0 Å². The number of carbonyl (C=O) groups is 6. The fraction of sp³-hybridized carbons (Fsp3) is 0.636. The number of benzene rings is 1. The van der Waals surface area contributed by atoms with Crippen LogP contribution >= 0.6 is 0 Å². The van der Waals surface area contributed by atoms with E-state index in [4.69, 9.17) is 10.5 Å². The van der Waals surface area contributed by atoms with Crippen molar-refractivity contribution in [3.8, 4) is 0 Å². The van der Waals surface area contributed by atoms with Gasteiger partial charge in [-0.15, -0.1) is 0 Å². The topological polar surface area (TPSA) is 180 Å². The van der Waals surface area contributed by atoms with Crippen LogP contribution in [0.3, 0.4) is 0 Å². The second-order valence-electron chi connectivity index (χ2n) is 12.2. The molecule has 2 aliphatic heterocycles. The number of hydrogen-bond donors (Lipinski definition) is 3. The molecule has 0 radical (unpaired) electrons. The second-order valence-corrected chi connectivity index (χ2v) is 12.2. The van der Waals surface area contributed by atoms with Crippen LogP contribution in [0.4, 0.5) is 4.79 Å². The minimum atomic E-state index is -1.14. The Kier molecular flexibility index (Phi) is 13.8. The fourth-order valence-electron chi connectivity index (χ4n) is 6.09. The summed E-state index contributed by atoms with van der Waals surface area (Å²) >= 11 is 0. The number of ether oxygens (including phenoxy) is 1. The molecule has 0 spiro atoms. The van der Waals surface area contributed by atoms with Crippen molar-refractivity contribution in [3.05, 3.63) is 35.9 Å². The second kappa shape index (κ2) is 17.5. The van der Waals surface area contributed by atoms with Crippen LogP contribution in [0.5, 0.6) is 0 Å². The molecule has 1 aromatic rings. The summed E-state index contributed by atoms with van der Waals surface area (Å²) in [5, 5.41) is 12.5. The number of nitrogens with one attached hydrogen (secondary N) is 1. The number of carbonyl (C=O) groups excluding carboxylic acids is 5. The van der Waals surface area contributed by atoms with E-state index >= 15 is 0 Å². The summed E-state index contributed by atoms with van der Waals surface area (Å²) in [6.07, 6.45) is 2.76. The molecule has 0 aromatic heterocycles. The highest BCUT2D eigenvalue weighted by Gasteiger charge is 2.44. The molecule has 4 N–H and O–H groups in total. The third-order valence-corrected chi connectivity index (χ3v) is 8.95. The van der Waals surface area contributed by atoms with Crippen LogP contribution in [0, 0.1) is 5.92 Å². The number of carboxylic acids is 1. The Morgan fingerprint density at radius 3 is 2.28 bits per heavy atom. The molecule has 0 bridgehead atoms. The van der Waals surface area contributed by atoms with Gasteiger partial charge in [0.05, 0.1) is 0 Å². The molecule has 2 saturated heterocycles. The maximum Gasteiger partial charge on any atom is 0.410 e. The third kappa shape index (κ3) is 9.43. The quantitative estimate of drug-likeness (QED) is 0.246. The number of carboxylic acid groups (broad SMARTS) is 1. The van der Waals surface area contributed by atoms with Crippen LogP contribution in [-0.2, 0) is 35.3 Å². The molecular weight excluding hydrogens is 594 g/mol. The minimum absolute atomic E-state index is 0.00936. The van der Waals surface area contributed by atoms with Gasteiger partial charge in [0, 0.05) is 26.1 Å².